The molecule has 0 amide bonds. The van der Waals surface area contributed by atoms with E-state index in [1.807, 2.05) is 78.9 Å². The van der Waals surface area contributed by atoms with Crippen molar-refractivity contribution in [3.8, 4) is 0 Å². The van der Waals surface area contributed by atoms with Crippen molar-refractivity contribution < 1.29 is 4.74 Å². The Labute approximate surface area is 148 Å². The standard InChI is InChI=1S/C21H23N3O/c22-14-15-25-21(16-8-2-1-3-9-16,17-10-4-6-12-19(17)23)18-11-5-7-13-20(18)24/h1-13H,14-15,22-24H2. The van der Waals surface area contributed by atoms with Gasteiger partial charge in [-0.2, -0.15) is 0 Å². The average molecular weight is 333 g/mol. The summed E-state index contributed by atoms with van der Waals surface area (Å²) >= 11 is 0. The van der Waals surface area contributed by atoms with Crippen molar-refractivity contribution in [1.82, 2.24) is 0 Å². The third-order valence-electron chi connectivity index (χ3n) is 4.30. The number of para-hydroxylation sites is 2. The lowest BCUT2D eigenvalue weighted by atomic mass is 9.78. The molecule has 3 aromatic carbocycles. The first-order valence-electron chi connectivity index (χ1n) is 8.29. The molecule has 3 rings (SSSR count). The van der Waals surface area contributed by atoms with Gasteiger partial charge in [-0.15, -0.1) is 0 Å². The molecule has 0 heterocycles. The first-order valence-corrected chi connectivity index (χ1v) is 8.29. The van der Waals surface area contributed by atoms with Gasteiger partial charge in [-0.25, -0.2) is 0 Å². The molecule has 25 heavy (non-hydrogen) atoms. The second-order valence-corrected chi connectivity index (χ2v) is 5.86. The minimum atomic E-state index is -0.919. The van der Waals surface area contributed by atoms with Crippen molar-refractivity contribution in [2.75, 3.05) is 24.6 Å². The van der Waals surface area contributed by atoms with Crippen molar-refractivity contribution in [2.45, 2.75) is 5.60 Å². The summed E-state index contributed by atoms with van der Waals surface area (Å²) in [6, 6.07) is 25.4. The predicted molar refractivity (Wildman–Crippen MR) is 103 cm³/mol. The zero-order valence-electron chi connectivity index (χ0n) is 14.1. The van der Waals surface area contributed by atoms with Crippen LogP contribution in [0.1, 0.15) is 16.7 Å². The monoisotopic (exact) mass is 333 g/mol. The van der Waals surface area contributed by atoms with Gasteiger partial charge in [0, 0.05) is 29.0 Å². The summed E-state index contributed by atoms with van der Waals surface area (Å²) in [6.45, 7) is 0.769. The molecule has 0 atom stereocenters. The number of anilines is 2. The maximum Gasteiger partial charge on any atom is 0.147 e. The fourth-order valence-electron chi connectivity index (χ4n) is 3.22. The summed E-state index contributed by atoms with van der Waals surface area (Å²) in [5.74, 6) is 0. The number of nitrogens with two attached hydrogens (primary N) is 3. The fraction of sp³-hybridized carbons (Fsp3) is 0.143. The van der Waals surface area contributed by atoms with Crippen LogP contribution in [0.2, 0.25) is 0 Å². The fourth-order valence-corrected chi connectivity index (χ4v) is 3.22. The molecule has 0 saturated heterocycles. The zero-order chi connectivity index (χ0) is 17.7. The minimum Gasteiger partial charge on any atom is -0.398 e. The van der Waals surface area contributed by atoms with Crippen LogP contribution in [-0.2, 0) is 10.3 Å². The van der Waals surface area contributed by atoms with Crippen LogP contribution in [0.25, 0.3) is 0 Å². The van der Waals surface area contributed by atoms with Gasteiger partial charge in [0.2, 0.25) is 0 Å². The van der Waals surface area contributed by atoms with Gasteiger partial charge in [0.1, 0.15) is 5.60 Å². The number of nitrogen functional groups attached to an aromatic ring is 2. The molecular formula is C21H23N3O. The molecule has 0 radical (unpaired) electrons. The second kappa shape index (κ2) is 7.38. The number of hydrogen-bond acceptors (Lipinski definition) is 4. The van der Waals surface area contributed by atoms with Gasteiger partial charge >= 0.3 is 0 Å². The Morgan fingerprint density at radius 2 is 1.16 bits per heavy atom. The molecule has 0 aliphatic rings. The molecule has 0 aliphatic carbocycles. The number of ether oxygens (including phenoxy) is 1. The van der Waals surface area contributed by atoms with E-state index in [0.717, 1.165) is 16.7 Å². The first kappa shape index (κ1) is 17.0. The van der Waals surface area contributed by atoms with Gasteiger partial charge in [-0.3, -0.25) is 0 Å². The Morgan fingerprint density at radius 1 is 0.680 bits per heavy atom. The van der Waals surface area contributed by atoms with Crippen molar-refractivity contribution in [1.29, 1.82) is 0 Å². The van der Waals surface area contributed by atoms with Crippen molar-refractivity contribution in [3.05, 3.63) is 95.6 Å². The van der Waals surface area contributed by atoms with E-state index in [-0.39, 0.29) is 0 Å². The molecule has 4 nitrogen and oxygen atoms in total. The highest BCUT2D eigenvalue weighted by atomic mass is 16.5. The number of rotatable bonds is 6. The number of benzene rings is 3. The molecule has 0 bridgehead atoms. The maximum atomic E-state index is 6.41. The van der Waals surface area contributed by atoms with Crippen LogP contribution in [0.5, 0.6) is 0 Å². The summed E-state index contributed by atoms with van der Waals surface area (Å²) in [6.07, 6.45) is 0. The molecule has 4 heteroatoms. The van der Waals surface area contributed by atoms with E-state index in [2.05, 4.69) is 0 Å². The van der Waals surface area contributed by atoms with E-state index in [1.165, 1.54) is 0 Å². The normalized spacial score (nSPS) is 11.4. The van der Waals surface area contributed by atoms with E-state index in [9.17, 15) is 0 Å². The predicted octanol–water partition coefficient (Wildman–Crippen LogP) is 3.12. The highest BCUT2D eigenvalue weighted by Gasteiger charge is 2.40. The highest BCUT2D eigenvalue weighted by molar-refractivity contribution is 5.64. The third kappa shape index (κ3) is 3.09. The van der Waals surface area contributed by atoms with Crippen LogP contribution >= 0.6 is 0 Å². The van der Waals surface area contributed by atoms with Crippen LogP contribution in [0, 0.1) is 0 Å². The molecule has 0 saturated carbocycles. The average Bonchev–Trinajstić information content (AvgIpc) is 2.65. The molecule has 0 aliphatic heterocycles. The lowest BCUT2D eigenvalue weighted by Gasteiger charge is -2.37. The van der Waals surface area contributed by atoms with Crippen LogP contribution < -0.4 is 17.2 Å². The molecule has 0 aromatic heterocycles. The SMILES string of the molecule is NCCOC(c1ccccc1)(c1ccccc1N)c1ccccc1N. The Balaban J connectivity index is 2.36. The Morgan fingerprint density at radius 3 is 1.64 bits per heavy atom. The van der Waals surface area contributed by atoms with E-state index in [4.69, 9.17) is 21.9 Å². The summed E-state index contributed by atoms with van der Waals surface area (Å²) in [5.41, 5.74) is 21.5. The maximum absolute atomic E-state index is 6.41. The van der Waals surface area contributed by atoms with E-state index in [0.29, 0.717) is 24.5 Å². The van der Waals surface area contributed by atoms with E-state index in [1.54, 1.807) is 0 Å². The van der Waals surface area contributed by atoms with Crippen LogP contribution in [0.3, 0.4) is 0 Å². The minimum absolute atomic E-state index is 0.373. The van der Waals surface area contributed by atoms with Gasteiger partial charge in [-0.1, -0.05) is 66.7 Å². The smallest absolute Gasteiger partial charge is 0.147 e. The third-order valence-corrected chi connectivity index (χ3v) is 4.30. The Hall–Kier alpha value is -2.82. The van der Waals surface area contributed by atoms with Crippen LogP contribution in [-0.4, -0.2) is 13.2 Å². The van der Waals surface area contributed by atoms with Gasteiger partial charge in [0.25, 0.3) is 0 Å². The van der Waals surface area contributed by atoms with Gasteiger partial charge in [0.15, 0.2) is 0 Å². The van der Waals surface area contributed by atoms with Crippen LogP contribution in [0.4, 0.5) is 11.4 Å². The van der Waals surface area contributed by atoms with E-state index < -0.39 is 5.60 Å². The van der Waals surface area contributed by atoms with Gasteiger partial charge in [-0.05, 0) is 17.7 Å². The first-order chi connectivity index (χ1) is 12.2. The van der Waals surface area contributed by atoms with Gasteiger partial charge < -0.3 is 21.9 Å². The molecule has 128 valence electrons. The Kier molecular flexibility index (Phi) is 5.03. The molecule has 0 spiro atoms. The Bertz CT molecular complexity index is 788. The topological polar surface area (TPSA) is 87.3 Å². The lowest BCUT2D eigenvalue weighted by molar-refractivity contribution is 0.0190. The van der Waals surface area contributed by atoms with Crippen molar-refractivity contribution in [3.63, 3.8) is 0 Å². The quantitative estimate of drug-likeness (QED) is 0.478. The largest absolute Gasteiger partial charge is 0.398 e. The van der Waals surface area contributed by atoms with E-state index >= 15 is 0 Å². The molecular weight excluding hydrogens is 310 g/mol. The molecule has 6 N–H and O–H groups in total. The zero-order valence-corrected chi connectivity index (χ0v) is 14.1. The van der Waals surface area contributed by atoms with Gasteiger partial charge in [0.05, 0.1) is 6.61 Å². The molecule has 0 fully saturated rings. The second-order valence-electron chi connectivity index (χ2n) is 5.86. The summed E-state index contributed by atoms with van der Waals surface area (Å²) in [4.78, 5) is 0. The number of hydrogen-bond donors (Lipinski definition) is 3. The summed E-state index contributed by atoms with van der Waals surface area (Å²) in [5, 5.41) is 0. The lowest BCUT2D eigenvalue weighted by Crippen LogP contribution is -2.36. The van der Waals surface area contributed by atoms with Crippen molar-refractivity contribution in [2.24, 2.45) is 5.73 Å². The summed E-state index contributed by atoms with van der Waals surface area (Å²) < 4.78 is 6.41. The molecule has 3 aromatic rings. The highest BCUT2D eigenvalue weighted by Crippen LogP contribution is 2.44. The molecule has 0 unspecified atom stereocenters. The van der Waals surface area contributed by atoms with Crippen molar-refractivity contribution >= 4 is 11.4 Å². The summed E-state index contributed by atoms with van der Waals surface area (Å²) in [7, 11) is 0. The van der Waals surface area contributed by atoms with Crippen LogP contribution in [0.15, 0.2) is 78.9 Å².